The van der Waals surface area contributed by atoms with Gasteiger partial charge in [-0.05, 0) is 35.4 Å². The number of nitrogens with two attached hydrogens (primary N) is 1. The van der Waals surface area contributed by atoms with Crippen molar-refractivity contribution in [2.75, 3.05) is 19.5 Å². The van der Waals surface area contributed by atoms with Crippen molar-refractivity contribution < 1.29 is 9.47 Å². The fourth-order valence-electron chi connectivity index (χ4n) is 4.45. The van der Waals surface area contributed by atoms with Crippen molar-refractivity contribution in [3.05, 3.63) is 89.9 Å². The highest BCUT2D eigenvalue weighted by Gasteiger charge is 2.20. The van der Waals surface area contributed by atoms with E-state index in [2.05, 4.69) is 44.0 Å². The fourth-order valence-corrected chi connectivity index (χ4v) is 5.57. The van der Waals surface area contributed by atoms with Crippen molar-refractivity contribution in [3.8, 4) is 16.3 Å². The molecule has 8 nitrogen and oxygen atoms in total. The maximum absolute atomic E-state index is 6.44. The summed E-state index contributed by atoms with van der Waals surface area (Å²) in [6.07, 6.45) is 2.47. The Bertz CT molecular complexity index is 1640. The molecule has 0 bridgehead atoms. The summed E-state index contributed by atoms with van der Waals surface area (Å²) in [5, 5.41) is 7.24. The third-order valence-electron chi connectivity index (χ3n) is 6.29. The first-order chi connectivity index (χ1) is 18.2. The van der Waals surface area contributed by atoms with Gasteiger partial charge in [-0.15, -0.1) is 11.3 Å². The maximum atomic E-state index is 6.44. The molecule has 0 radical (unpaired) electrons. The molecule has 0 amide bonds. The van der Waals surface area contributed by atoms with E-state index in [-0.39, 0.29) is 0 Å². The molecule has 0 aliphatic rings. The van der Waals surface area contributed by atoms with Crippen LogP contribution >= 0.6 is 11.3 Å². The molecule has 0 atom stereocenters. The number of pyridine rings is 1. The standard InChI is InChI=1S/C28H26N6O2S/c1-35-20-9-7-18(8-10-20)16-34-24(12-14-36-17-19-5-3-2-4-6-19)32-25-26(34)27-22(31-28(25)29)15-23(37-27)21-11-13-30-33-21/h2-11,13,15H,12,14,16-17H2,1H3,(H2,29,31)(H,30,33). The number of benzene rings is 2. The number of nitrogen functional groups attached to an aromatic ring is 1. The lowest BCUT2D eigenvalue weighted by Crippen LogP contribution is -2.09. The summed E-state index contributed by atoms with van der Waals surface area (Å²) in [7, 11) is 1.67. The van der Waals surface area contributed by atoms with E-state index in [1.54, 1.807) is 18.4 Å². The lowest BCUT2D eigenvalue weighted by Gasteiger charge is -2.11. The molecule has 0 unspecified atom stereocenters. The van der Waals surface area contributed by atoms with E-state index in [1.165, 1.54) is 0 Å². The molecule has 6 rings (SSSR count). The number of nitrogens with one attached hydrogen (secondary N) is 1. The lowest BCUT2D eigenvalue weighted by molar-refractivity contribution is 0.122. The normalized spacial score (nSPS) is 11.5. The molecule has 0 fully saturated rings. The first-order valence-corrected chi connectivity index (χ1v) is 12.8. The number of rotatable bonds is 9. The largest absolute Gasteiger partial charge is 0.497 e. The van der Waals surface area contributed by atoms with Crippen LogP contribution in [-0.4, -0.2) is 38.4 Å². The second-order valence-electron chi connectivity index (χ2n) is 8.73. The van der Waals surface area contributed by atoms with Gasteiger partial charge in [-0.1, -0.05) is 42.5 Å². The van der Waals surface area contributed by atoms with Crippen molar-refractivity contribution in [2.24, 2.45) is 0 Å². The average Bonchev–Trinajstić information content (AvgIpc) is 3.67. The smallest absolute Gasteiger partial charge is 0.152 e. The van der Waals surface area contributed by atoms with E-state index in [4.69, 9.17) is 20.2 Å². The number of imidazole rings is 1. The molecule has 2 aromatic carbocycles. The summed E-state index contributed by atoms with van der Waals surface area (Å²) in [6, 6.07) is 22.3. The van der Waals surface area contributed by atoms with Crippen LogP contribution in [0.25, 0.3) is 31.8 Å². The summed E-state index contributed by atoms with van der Waals surface area (Å²) >= 11 is 1.65. The molecule has 6 aromatic rings. The minimum Gasteiger partial charge on any atom is -0.497 e. The van der Waals surface area contributed by atoms with Gasteiger partial charge in [0.2, 0.25) is 0 Å². The summed E-state index contributed by atoms with van der Waals surface area (Å²) in [5.74, 6) is 2.16. The Morgan fingerprint density at radius 2 is 1.84 bits per heavy atom. The van der Waals surface area contributed by atoms with Crippen LogP contribution in [0.1, 0.15) is 17.0 Å². The molecule has 37 heavy (non-hydrogen) atoms. The second kappa shape index (κ2) is 10.0. The van der Waals surface area contributed by atoms with E-state index in [0.29, 0.717) is 32.0 Å². The number of hydrogen-bond donors (Lipinski definition) is 2. The molecular weight excluding hydrogens is 484 g/mol. The molecule has 0 aliphatic heterocycles. The van der Waals surface area contributed by atoms with Crippen molar-refractivity contribution in [2.45, 2.75) is 19.6 Å². The number of aromatic amines is 1. The molecule has 4 aromatic heterocycles. The van der Waals surface area contributed by atoms with Gasteiger partial charge in [-0.25, -0.2) is 9.97 Å². The van der Waals surface area contributed by atoms with E-state index in [0.717, 1.165) is 54.5 Å². The van der Waals surface area contributed by atoms with Gasteiger partial charge in [-0.3, -0.25) is 5.10 Å². The van der Waals surface area contributed by atoms with Crippen LogP contribution < -0.4 is 10.5 Å². The van der Waals surface area contributed by atoms with Crippen LogP contribution in [0.2, 0.25) is 0 Å². The van der Waals surface area contributed by atoms with Gasteiger partial charge in [0.1, 0.15) is 22.8 Å². The van der Waals surface area contributed by atoms with Gasteiger partial charge >= 0.3 is 0 Å². The van der Waals surface area contributed by atoms with Gasteiger partial charge in [-0.2, -0.15) is 5.10 Å². The summed E-state index contributed by atoms with van der Waals surface area (Å²) in [5.41, 5.74) is 12.2. The third-order valence-corrected chi connectivity index (χ3v) is 7.45. The molecule has 0 saturated carbocycles. The predicted octanol–water partition coefficient (Wildman–Crippen LogP) is 5.43. The second-order valence-corrected chi connectivity index (χ2v) is 9.78. The Balaban J connectivity index is 1.40. The number of thiophene rings is 1. The maximum Gasteiger partial charge on any atom is 0.152 e. The number of anilines is 1. The van der Waals surface area contributed by atoms with E-state index >= 15 is 0 Å². The number of H-pyrrole nitrogens is 1. The minimum absolute atomic E-state index is 0.425. The number of methoxy groups -OCH3 is 1. The van der Waals surface area contributed by atoms with Gasteiger partial charge < -0.3 is 19.8 Å². The number of fused-ring (bicyclic) bond motifs is 3. The Kier molecular flexibility index (Phi) is 6.30. The van der Waals surface area contributed by atoms with E-state index in [1.807, 2.05) is 48.7 Å². The van der Waals surface area contributed by atoms with E-state index < -0.39 is 0 Å². The molecule has 0 saturated heterocycles. The quantitative estimate of drug-likeness (QED) is 0.251. The highest BCUT2D eigenvalue weighted by Crippen LogP contribution is 2.38. The Labute approximate surface area is 217 Å². The first kappa shape index (κ1) is 23.2. The summed E-state index contributed by atoms with van der Waals surface area (Å²) in [6.45, 7) is 1.74. The number of aromatic nitrogens is 5. The topological polar surface area (TPSA) is 104 Å². The zero-order valence-electron chi connectivity index (χ0n) is 20.3. The summed E-state index contributed by atoms with van der Waals surface area (Å²) in [4.78, 5) is 10.7. The molecule has 0 aliphatic carbocycles. The van der Waals surface area contributed by atoms with Crippen LogP contribution in [-0.2, 0) is 24.3 Å². The first-order valence-electron chi connectivity index (χ1n) is 12.0. The summed E-state index contributed by atoms with van der Waals surface area (Å²) < 4.78 is 14.6. The van der Waals surface area contributed by atoms with Gasteiger partial charge in [0, 0.05) is 19.2 Å². The SMILES string of the molecule is COc1ccc(Cn2c(CCOCc3ccccc3)nc3c(N)nc4cc(-c5cc[nH]n5)sc4c32)cc1. The zero-order valence-corrected chi connectivity index (χ0v) is 21.2. The van der Waals surface area contributed by atoms with Crippen LogP contribution in [0, 0.1) is 0 Å². The van der Waals surface area contributed by atoms with Crippen molar-refractivity contribution >= 4 is 38.4 Å². The van der Waals surface area contributed by atoms with Crippen LogP contribution in [0.15, 0.2) is 72.9 Å². The van der Waals surface area contributed by atoms with Crippen LogP contribution in [0.3, 0.4) is 0 Å². The highest BCUT2D eigenvalue weighted by molar-refractivity contribution is 7.23. The Hall–Kier alpha value is -4.21. The van der Waals surface area contributed by atoms with Crippen molar-refractivity contribution in [1.29, 1.82) is 0 Å². The molecule has 186 valence electrons. The van der Waals surface area contributed by atoms with Crippen LogP contribution in [0.5, 0.6) is 5.75 Å². The van der Waals surface area contributed by atoms with Gasteiger partial charge in [0.15, 0.2) is 5.82 Å². The average molecular weight is 511 g/mol. The lowest BCUT2D eigenvalue weighted by atomic mass is 10.2. The fraction of sp³-hybridized carbons (Fsp3) is 0.179. The number of ether oxygens (including phenoxy) is 2. The van der Waals surface area contributed by atoms with E-state index in [9.17, 15) is 0 Å². The minimum atomic E-state index is 0.425. The molecular formula is C28H26N6O2S. The Morgan fingerprint density at radius 1 is 1.00 bits per heavy atom. The molecule has 9 heteroatoms. The van der Waals surface area contributed by atoms with Crippen molar-refractivity contribution in [3.63, 3.8) is 0 Å². The van der Waals surface area contributed by atoms with Gasteiger partial charge in [0.05, 0.1) is 40.9 Å². The highest BCUT2D eigenvalue weighted by atomic mass is 32.1. The monoisotopic (exact) mass is 510 g/mol. The zero-order chi connectivity index (χ0) is 25.2. The van der Waals surface area contributed by atoms with Crippen molar-refractivity contribution in [1.82, 2.24) is 24.7 Å². The predicted molar refractivity (Wildman–Crippen MR) is 147 cm³/mol. The molecule has 4 heterocycles. The molecule has 3 N–H and O–H groups in total. The third kappa shape index (κ3) is 4.66. The van der Waals surface area contributed by atoms with Crippen LogP contribution in [0.4, 0.5) is 5.82 Å². The number of hydrogen-bond acceptors (Lipinski definition) is 7. The Morgan fingerprint density at radius 3 is 2.59 bits per heavy atom. The number of nitrogens with zero attached hydrogens (tertiary/aromatic N) is 4. The van der Waals surface area contributed by atoms with Gasteiger partial charge in [0.25, 0.3) is 0 Å². The molecule has 0 spiro atoms.